The van der Waals surface area contributed by atoms with Gasteiger partial charge < -0.3 is 10.1 Å². The molecule has 2 atom stereocenters. The third kappa shape index (κ3) is 2.24. The summed E-state index contributed by atoms with van der Waals surface area (Å²) in [5, 5.41) is 3.89. The van der Waals surface area contributed by atoms with Crippen molar-refractivity contribution >= 4 is 0 Å². The Bertz CT molecular complexity index is 664. The molecular weight excluding hydrogens is 258 g/mol. The van der Waals surface area contributed by atoms with Crippen molar-refractivity contribution in [2.45, 2.75) is 37.8 Å². The van der Waals surface area contributed by atoms with Crippen LogP contribution in [-0.4, -0.2) is 7.11 Å². The summed E-state index contributed by atoms with van der Waals surface area (Å²) in [5.74, 6) is 0.967. The van der Waals surface area contributed by atoms with Gasteiger partial charge in [-0.15, -0.1) is 0 Å². The number of nitrogens with one attached hydrogen (secondary N) is 1. The number of rotatable bonds is 3. The fourth-order valence-corrected chi connectivity index (χ4v) is 3.85. The predicted molar refractivity (Wildman–Crippen MR) is 84.7 cm³/mol. The second-order valence-corrected chi connectivity index (χ2v) is 6.11. The Morgan fingerprint density at radius 3 is 2.43 bits per heavy atom. The second-order valence-electron chi connectivity index (χ2n) is 6.11. The topological polar surface area (TPSA) is 21.3 Å². The number of benzene rings is 2. The van der Waals surface area contributed by atoms with Crippen LogP contribution >= 0.6 is 0 Å². The van der Waals surface area contributed by atoms with Gasteiger partial charge in [0.2, 0.25) is 0 Å². The van der Waals surface area contributed by atoms with Crippen molar-refractivity contribution in [3.8, 4) is 5.75 Å². The van der Waals surface area contributed by atoms with E-state index >= 15 is 0 Å². The monoisotopic (exact) mass is 279 g/mol. The number of ether oxygens (including phenoxy) is 1. The van der Waals surface area contributed by atoms with Crippen molar-refractivity contribution in [2.75, 3.05) is 7.11 Å². The van der Waals surface area contributed by atoms with E-state index in [0.717, 1.165) is 5.75 Å². The molecule has 108 valence electrons. The van der Waals surface area contributed by atoms with Crippen LogP contribution in [0.5, 0.6) is 5.75 Å². The maximum Gasteiger partial charge on any atom is 0.119 e. The van der Waals surface area contributed by atoms with E-state index in [-0.39, 0.29) is 0 Å². The summed E-state index contributed by atoms with van der Waals surface area (Å²) in [6, 6.07) is 16.3. The quantitative estimate of drug-likeness (QED) is 0.918. The van der Waals surface area contributed by atoms with Crippen LogP contribution in [0.15, 0.2) is 42.5 Å². The third-order valence-electron chi connectivity index (χ3n) is 4.97. The van der Waals surface area contributed by atoms with Crippen LogP contribution in [-0.2, 0) is 12.8 Å². The molecule has 0 aliphatic heterocycles. The Labute approximate surface area is 126 Å². The number of hydrogen-bond donors (Lipinski definition) is 1. The minimum absolute atomic E-state index is 0.464. The van der Waals surface area contributed by atoms with Crippen LogP contribution in [0.3, 0.4) is 0 Å². The smallest absolute Gasteiger partial charge is 0.119 e. The lowest BCUT2D eigenvalue weighted by atomic mass is 10.0. The fraction of sp³-hybridized carbons (Fsp3) is 0.368. The number of aryl methyl sites for hydroxylation is 2. The van der Waals surface area contributed by atoms with Crippen molar-refractivity contribution in [1.82, 2.24) is 5.32 Å². The van der Waals surface area contributed by atoms with Gasteiger partial charge in [0.05, 0.1) is 7.11 Å². The Kier molecular flexibility index (Phi) is 3.19. The first-order valence-corrected chi connectivity index (χ1v) is 7.86. The SMILES string of the molecule is COc1ccc2c(c1)C(NC1CCc3ccccc31)CC2. The van der Waals surface area contributed by atoms with Gasteiger partial charge in [0.1, 0.15) is 5.75 Å². The van der Waals surface area contributed by atoms with Gasteiger partial charge in [-0.3, -0.25) is 0 Å². The van der Waals surface area contributed by atoms with E-state index in [2.05, 4.69) is 47.8 Å². The van der Waals surface area contributed by atoms with Crippen LogP contribution in [0.1, 0.15) is 47.2 Å². The van der Waals surface area contributed by atoms with Crippen molar-refractivity contribution in [3.05, 3.63) is 64.7 Å². The maximum absolute atomic E-state index is 5.39. The average molecular weight is 279 g/mol. The zero-order valence-corrected chi connectivity index (χ0v) is 12.4. The molecule has 1 N–H and O–H groups in total. The van der Waals surface area contributed by atoms with E-state index in [1.807, 2.05) is 0 Å². The van der Waals surface area contributed by atoms with Crippen LogP contribution in [0.2, 0.25) is 0 Å². The van der Waals surface area contributed by atoms with Gasteiger partial charge in [-0.1, -0.05) is 30.3 Å². The normalized spacial score (nSPS) is 22.9. The van der Waals surface area contributed by atoms with Gasteiger partial charge in [0, 0.05) is 12.1 Å². The Hall–Kier alpha value is -1.80. The lowest BCUT2D eigenvalue weighted by Gasteiger charge is -2.21. The van der Waals surface area contributed by atoms with Gasteiger partial charge in [-0.05, 0) is 60.1 Å². The molecule has 0 saturated carbocycles. The van der Waals surface area contributed by atoms with Crippen molar-refractivity contribution in [3.63, 3.8) is 0 Å². The standard InChI is InChI=1S/C19H21NO/c1-21-15-9-6-14-8-11-19(17(14)12-15)20-18-10-7-13-4-2-3-5-16(13)18/h2-6,9,12,18-20H,7-8,10-11H2,1H3. The highest BCUT2D eigenvalue weighted by molar-refractivity contribution is 5.41. The molecule has 0 amide bonds. The van der Waals surface area contributed by atoms with Crippen LogP contribution in [0.25, 0.3) is 0 Å². The molecule has 4 rings (SSSR count). The van der Waals surface area contributed by atoms with Gasteiger partial charge in [0.25, 0.3) is 0 Å². The highest BCUT2D eigenvalue weighted by Gasteiger charge is 2.28. The van der Waals surface area contributed by atoms with E-state index in [9.17, 15) is 0 Å². The minimum Gasteiger partial charge on any atom is -0.497 e. The minimum atomic E-state index is 0.464. The Morgan fingerprint density at radius 2 is 1.62 bits per heavy atom. The van der Waals surface area contributed by atoms with E-state index in [1.165, 1.54) is 47.9 Å². The third-order valence-corrected chi connectivity index (χ3v) is 4.97. The first-order valence-electron chi connectivity index (χ1n) is 7.86. The van der Waals surface area contributed by atoms with Crippen molar-refractivity contribution in [1.29, 1.82) is 0 Å². The number of methoxy groups -OCH3 is 1. The molecule has 2 nitrogen and oxygen atoms in total. The molecule has 0 spiro atoms. The molecule has 2 aromatic carbocycles. The molecular formula is C19H21NO. The summed E-state index contributed by atoms with van der Waals surface area (Å²) in [6.45, 7) is 0. The summed E-state index contributed by atoms with van der Waals surface area (Å²) in [4.78, 5) is 0. The molecule has 2 heteroatoms. The van der Waals surface area contributed by atoms with E-state index in [0.29, 0.717) is 12.1 Å². The first-order chi connectivity index (χ1) is 10.3. The van der Waals surface area contributed by atoms with Gasteiger partial charge >= 0.3 is 0 Å². The number of hydrogen-bond acceptors (Lipinski definition) is 2. The van der Waals surface area contributed by atoms with Crippen LogP contribution in [0.4, 0.5) is 0 Å². The lowest BCUT2D eigenvalue weighted by molar-refractivity contribution is 0.410. The van der Waals surface area contributed by atoms with Crippen molar-refractivity contribution < 1.29 is 4.74 Å². The van der Waals surface area contributed by atoms with Crippen molar-refractivity contribution in [2.24, 2.45) is 0 Å². The summed E-state index contributed by atoms with van der Waals surface area (Å²) < 4.78 is 5.39. The van der Waals surface area contributed by atoms with Crippen LogP contribution < -0.4 is 10.1 Å². The second kappa shape index (κ2) is 5.19. The number of fused-ring (bicyclic) bond motifs is 2. The highest BCUT2D eigenvalue weighted by atomic mass is 16.5. The predicted octanol–water partition coefficient (Wildman–Crippen LogP) is 3.96. The fourth-order valence-electron chi connectivity index (χ4n) is 3.85. The summed E-state index contributed by atoms with van der Waals surface area (Å²) in [7, 11) is 1.74. The summed E-state index contributed by atoms with van der Waals surface area (Å²) in [5.41, 5.74) is 5.91. The molecule has 0 fully saturated rings. The Balaban J connectivity index is 1.58. The molecule has 2 aromatic rings. The zero-order chi connectivity index (χ0) is 14.2. The molecule has 0 saturated heterocycles. The molecule has 0 heterocycles. The van der Waals surface area contributed by atoms with Gasteiger partial charge in [0.15, 0.2) is 0 Å². The molecule has 0 bridgehead atoms. The zero-order valence-electron chi connectivity index (χ0n) is 12.4. The lowest BCUT2D eigenvalue weighted by Crippen LogP contribution is -2.23. The van der Waals surface area contributed by atoms with Gasteiger partial charge in [-0.25, -0.2) is 0 Å². The van der Waals surface area contributed by atoms with E-state index in [1.54, 1.807) is 7.11 Å². The average Bonchev–Trinajstić information content (AvgIpc) is 3.12. The molecule has 2 unspecified atom stereocenters. The molecule has 2 aliphatic rings. The van der Waals surface area contributed by atoms with E-state index < -0.39 is 0 Å². The summed E-state index contributed by atoms with van der Waals surface area (Å²) >= 11 is 0. The largest absolute Gasteiger partial charge is 0.497 e. The Morgan fingerprint density at radius 1 is 0.905 bits per heavy atom. The maximum atomic E-state index is 5.39. The first kappa shape index (κ1) is 12.9. The summed E-state index contributed by atoms with van der Waals surface area (Å²) in [6.07, 6.45) is 4.78. The molecule has 0 aromatic heterocycles. The molecule has 0 radical (unpaired) electrons. The molecule has 2 aliphatic carbocycles. The van der Waals surface area contributed by atoms with E-state index in [4.69, 9.17) is 4.74 Å². The highest BCUT2D eigenvalue weighted by Crippen LogP contribution is 2.38. The van der Waals surface area contributed by atoms with Crippen LogP contribution in [0, 0.1) is 0 Å². The van der Waals surface area contributed by atoms with Gasteiger partial charge in [-0.2, -0.15) is 0 Å². The molecule has 21 heavy (non-hydrogen) atoms.